The number of halogens is 1. The van der Waals surface area contributed by atoms with E-state index in [1.807, 2.05) is 19.1 Å². The Balaban J connectivity index is 0.00000256. The number of amides is 1. The SMILES string of the molecule is Cc1ccc(S(C)(=O)=NC(=O)c2cnn3c(C4CCNCC4)cc(=O)[nH]c23)cc1.Cl. The molecule has 0 radical (unpaired) electrons. The standard InChI is InChI=1S/C20H23N5O3S.ClH/c1-13-3-5-15(6-4-13)29(2,28)24-20(27)16-12-22-25-17(11-18(26)23-19(16)25)14-7-9-21-10-8-14;/h3-6,11-12,14,21H,7-10H2,1-2H3,(H,23,26);1H. The molecule has 1 aliphatic rings. The van der Waals surface area contributed by atoms with Crippen molar-refractivity contribution in [2.75, 3.05) is 19.3 Å². The van der Waals surface area contributed by atoms with E-state index >= 15 is 0 Å². The fraction of sp³-hybridized carbons (Fsp3) is 0.350. The number of hydrogen-bond donors (Lipinski definition) is 2. The predicted molar refractivity (Wildman–Crippen MR) is 118 cm³/mol. The molecular weight excluding hydrogens is 426 g/mol. The highest BCUT2D eigenvalue weighted by atomic mass is 35.5. The zero-order valence-corrected chi connectivity index (χ0v) is 18.4. The number of aromatic amines is 1. The lowest BCUT2D eigenvalue weighted by Gasteiger charge is -2.23. The highest BCUT2D eigenvalue weighted by Crippen LogP contribution is 2.25. The number of nitrogens with zero attached hydrogens (tertiary/aromatic N) is 3. The van der Waals surface area contributed by atoms with Crippen molar-refractivity contribution in [3.8, 4) is 0 Å². The summed E-state index contributed by atoms with van der Waals surface area (Å²) in [6.45, 7) is 3.67. The molecule has 1 saturated heterocycles. The third kappa shape index (κ3) is 4.33. The first-order chi connectivity index (χ1) is 13.8. The van der Waals surface area contributed by atoms with Crippen LogP contribution in [0.1, 0.15) is 40.4 Å². The van der Waals surface area contributed by atoms with E-state index in [-0.39, 0.29) is 29.4 Å². The summed E-state index contributed by atoms with van der Waals surface area (Å²) in [6.07, 6.45) is 4.60. The Bertz CT molecular complexity index is 1250. The first-order valence-corrected chi connectivity index (χ1v) is 11.4. The lowest BCUT2D eigenvalue weighted by molar-refractivity contribution is 0.101. The van der Waals surface area contributed by atoms with E-state index in [0.717, 1.165) is 37.2 Å². The first kappa shape index (κ1) is 22.2. The zero-order chi connectivity index (χ0) is 20.6. The van der Waals surface area contributed by atoms with E-state index in [4.69, 9.17) is 0 Å². The van der Waals surface area contributed by atoms with Crippen molar-refractivity contribution in [2.24, 2.45) is 4.36 Å². The normalized spacial score (nSPS) is 16.6. The maximum atomic E-state index is 13.0. The number of H-pyrrole nitrogens is 1. The van der Waals surface area contributed by atoms with Gasteiger partial charge in [-0.1, -0.05) is 17.7 Å². The van der Waals surface area contributed by atoms with Gasteiger partial charge in [-0.2, -0.15) is 9.46 Å². The molecule has 1 aliphatic heterocycles. The van der Waals surface area contributed by atoms with Gasteiger partial charge in [-0.3, -0.25) is 9.59 Å². The van der Waals surface area contributed by atoms with Crippen molar-refractivity contribution < 1.29 is 9.00 Å². The average Bonchev–Trinajstić information content (AvgIpc) is 3.12. The smallest absolute Gasteiger partial charge is 0.290 e. The number of nitrogens with one attached hydrogen (secondary N) is 2. The van der Waals surface area contributed by atoms with E-state index in [0.29, 0.717) is 10.5 Å². The molecule has 0 spiro atoms. The Kier molecular flexibility index (Phi) is 6.44. The summed E-state index contributed by atoms with van der Waals surface area (Å²) in [4.78, 5) is 28.3. The topological polar surface area (TPSA) is 109 Å². The maximum absolute atomic E-state index is 13.0. The lowest BCUT2D eigenvalue weighted by Crippen LogP contribution is -2.28. The Hall–Kier alpha value is -2.49. The van der Waals surface area contributed by atoms with Crippen molar-refractivity contribution in [3.63, 3.8) is 0 Å². The van der Waals surface area contributed by atoms with Gasteiger partial charge in [0, 0.05) is 23.1 Å². The van der Waals surface area contributed by atoms with Crippen molar-refractivity contribution in [1.82, 2.24) is 19.9 Å². The Morgan fingerprint density at radius 2 is 1.90 bits per heavy atom. The van der Waals surface area contributed by atoms with Gasteiger partial charge in [0.2, 0.25) is 0 Å². The Labute approximate surface area is 180 Å². The van der Waals surface area contributed by atoms with Gasteiger partial charge in [-0.25, -0.2) is 8.72 Å². The molecule has 1 unspecified atom stereocenters. The quantitative estimate of drug-likeness (QED) is 0.638. The molecule has 10 heteroatoms. The van der Waals surface area contributed by atoms with Gasteiger partial charge in [0.1, 0.15) is 11.2 Å². The minimum absolute atomic E-state index is 0. The lowest BCUT2D eigenvalue weighted by atomic mass is 9.94. The Morgan fingerprint density at radius 3 is 2.57 bits per heavy atom. The summed E-state index contributed by atoms with van der Waals surface area (Å²) < 4.78 is 18.6. The predicted octanol–water partition coefficient (Wildman–Crippen LogP) is 2.52. The van der Waals surface area contributed by atoms with Crippen molar-refractivity contribution in [2.45, 2.75) is 30.6 Å². The molecule has 1 aromatic carbocycles. The number of benzene rings is 1. The molecule has 2 N–H and O–H groups in total. The van der Waals surface area contributed by atoms with E-state index in [2.05, 4.69) is 19.8 Å². The molecule has 2 aromatic heterocycles. The van der Waals surface area contributed by atoms with Gasteiger partial charge in [-0.15, -0.1) is 12.4 Å². The zero-order valence-electron chi connectivity index (χ0n) is 16.8. The number of aryl methyl sites for hydroxylation is 1. The van der Waals surface area contributed by atoms with Gasteiger partial charge in [-0.05, 0) is 45.0 Å². The number of aromatic nitrogens is 3. The molecule has 0 aliphatic carbocycles. The summed E-state index contributed by atoms with van der Waals surface area (Å²) >= 11 is 0. The van der Waals surface area contributed by atoms with Crippen LogP contribution < -0.4 is 10.9 Å². The molecular formula is C20H24ClN5O3S. The van der Waals surface area contributed by atoms with E-state index in [1.54, 1.807) is 16.6 Å². The van der Waals surface area contributed by atoms with E-state index in [9.17, 15) is 13.8 Å². The van der Waals surface area contributed by atoms with Crippen LogP contribution in [-0.4, -0.2) is 44.1 Å². The molecule has 3 aromatic rings. The number of piperidine rings is 1. The van der Waals surface area contributed by atoms with E-state index < -0.39 is 15.6 Å². The summed E-state index contributed by atoms with van der Waals surface area (Å²) in [7, 11) is -2.92. The number of carbonyl (C=O) groups is 1. The number of rotatable bonds is 3. The van der Waals surface area contributed by atoms with Crippen LogP contribution in [-0.2, 0) is 9.73 Å². The molecule has 160 valence electrons. The summed E-state index contributed by atoms with van der Waals surface area (Å²) in [5.74, 6) is -0.477. The molecule has 1 fully saturated rings. The highest BCUT2D eigenvalue weighted by Gasteiger charge is 2.23. The van der Waals surface area contributed by atoms with E-state index in [1.165, 1.54) is 18.5 Å². The minimum Gasteiger partial charge on any atom is -0.317 e. The molecule has 3 heterocycles. The van der Waals surface area contributed by atoms with Crippen LogP contribution in [0.4, 0.5) is 0 Å². The van der Waals surface area contributed by atoms with Crippen LogP contribution in [0.15, 0.2) is 50.6 Å². The van der Waals surface area contributed by atoms with Crippen LogP contribution in [0.25, 0.3) is 5.65 Å². The van der Waals surface area contributed by atoms with Gasteiger partial charge in [0.05, 0.1) is 21.6 Å². The van der Waals surface area contributed by atoms with Crippen molar-refractivity contribution in [1.29, 1.82) is 0 Å². The molecule has 30 heavy (non-hydrogen) atoms. The van der Waals surface area contributed by atoms with Gasteiger partial charge < -0.3 is 10.3 Å². The molecule has 0 bridgehead atoms. The second-order valence-electron chi connectivity index (χ2n) is 7.41. The second kappa shape index (κ2) is 8.71. The van der Waals surface area contributed by atoms with Crippen molar-refractivity contribution >= 4 is 33.7 Å². The molecule has 0 saturated carbocycles. The maximum Gasteiger partial charge on any atom is 0.290 e. The monoisotopic (exact) mass is 449 g/mol. The van der Waals surface area contributed by atoms with Gasteiger partial charge in [0.25, 0.3) is 11.5 Å². The van der Waals surface area contributed by atoms with Gasteiger partial charge >= 0.3 is 0 Å². The van der Waals surface area contributed by atoms with Crippen LogP contribution in [0.5, 0.6) is 0 Å². The van der Waals surface area contributed by atoms with Gasteiger partial charge in [0.15, 0.2) is 0 Å². The average molecular weight is 450 g/mol. The second-order valence-corrected chi connectivity index (χ2v) is 9.67. The summed E-state index contributed by atoms with van der Waals surface area (Å²) in [5, 5.41) is 7.62. The fourth-order valence-electron chi connectivity index (χ4n) is 3.63. The largest absolute Gasteiger partial charge is 0.317 e. The minimum atomic E-state index is -2.92. The Morgan fingerprint density at radius 1 is 1.23 bits per heavy atom. The van der Waals surface area contributed by atoms with Crippen LogP contribution in [0, 0.1) is 6.92 Å². The third-order valence-electron chi connectivity index (χ3n) is 5.24. The number of carbonyl (C=O) groups excluding carboxylic acids is 1. The van der Waals surface area contributed by atoms with Crippen LogP contribution >= 0.6 is 12.4 Å². The third-order valence-corrected chi connectivity index (χ3v) is 6.90. The molecule has 1 atom stereocenters. The van der Waals surface area contributed by atoms with Crippen LogP contribution in [0.2, 0.25) is 0 Å². The highest BCUT2D eigenvalue weighted by molar-refractivity contribution is 7.93. The molecule has 1 amide bonds. The molecule has 8 nitrogen and oxygen atoms in total. The first-order valence-electron chi connectivity index (χ1n) is 9.50. The summed E-state index contributed by atoms with van der Waals surface area (Å²) in [5.41, 5.74) is 1.94. The fourth-order valence-corrected chi connectivity index (χ4v) is 4.79. The van der Waals surface area contributed by atoms with Crippen LogP contribution in [0.3, 0.4) is 0 Å². The van der Waals surface area contributed by atoms with Crippen molar-refractivity contribution in [3.05, 3.63) is 63.7 Å². The number of hydrogen-bond acceptors (Lipinski definition) is 5. The molecule has 4 rings (SSSR count). The summed E-state index contributed by atoms with van der Waals surface area (Å²) in [6, 6.07) is 8.62. The number of fused-ring (bicyclic) bond motifs is 1.